The van der Waals surface area contributed by atoms with Crippen molar-refractivity contribution in [2.45, 2.75) is 13.8 Å². The third-order valence-corrected chi connectivity index (χ3v) is 3.22. The summed E-state index contributed by atoms with van der Waals surface area (Å²) in [6.45, 7) is 3.96. The Morgan fingerprint density at radius 1 is 1.00 bits per heavy atom. The number of hydrogen-bond donors (Lipinski definition) is 0. The lowest BCUT2D eigenvalue weighted by Gasteiger charge is -2.07. The molecular formula is C14H14N4O2. The summed E-state index contributed by atoms with van der Waals surface area (Å²) in [5.74, 6) is 0. The molecule has 0 amide bonds. The molecular weight excluding hydrogens is 256 g/mol. The topological polar surface area (TPSA) is 61.3 Å². The van der Waals surface area contributed by atoms with Crippen LogP contribution in [0.4, 0.5) is 0 Å². The van der Waals surface area contributed by atoms with Gasteiger partial charge in [-0.2, -0.15) is 0 Å². The van der Waals surface area contributed by atoms with Crippen LogP contribution in [0.2, 0.25) is 0 Å². The van der Waals surface area contributed by atoms with Gasteiger partial charge in [0.1, 0.15) is 0 Å². The highest BCUT2D eigenvalue weighted by Crippen LogP contribution is 2.11. The predicted molar refractivity (Wildman–Crippen MR) is 75.5 cm³/mol. The zero-order valence-electron chi connectivity index (χ0n) is 11.5. The van der Waals surface area contributed by atoms with Gasteiger partial charge in [0.2, 0.25) is 5.65 Å². The minimum atomic E-state index is -0.329. The first kappa shape index (κ1) is 12.4. The van der Waals surface area contributed by atoms with Crippen LogP contribution >= 0.6 is 0 Å². The van der Waals surface area contributed by atoms with Crippen LogP contribution in [0, 0.1) is 13.8 Å². The van der Waals surface area contributed by atoms with E-state index in [0.717, 1.165) is 21.5 Å². The number of aryl methyl sites for hydroxylation is 3. The van der Waals surface area contributed by atoms with Crippen molar-refractivity contribution in [3.05, 3.63) is 62.6 Å². The first-order valence-corrected chi connectivity index (χ1v) is 6.23. The summed E-state index contributed by atoms with van der Waals surface area (Å²) >= 11 is 0. The average molecular weight is 270 g/mol. The Hall–Kier alpha value is -2.63. The molecule has 0 aliphatic heterocycles. The molecule has 0 aliphatic carbocycles. The molecule has 0 unspecified atom stereocenters. The van der Waals surface area contributed by atoms with E-state index in [9.17, 15) is 9.59 Å². The number of hydrogen-bond acceptors (Lipinski definition) is 3. The first-order valence-electron chi connectivity index (χ1n) is 6.23. The fourth-order valence-electron chi connectivity index (χ4n) is 2.36. The molecule has 6 nitrogen and oxygen atoms in total. The van der Waals surface area contributed by atoms with Crippen LogP contribution in [0.25, 0.3) is 11.3 Å². The van der Waals surface area contributed by atoms with E-state index in [1.54, 1.807) is 12.4 Å². The van der Waals surface area contributed by atoms with Gasteiger partial charge in [-0.05, 0) is 37.1 Å². The highest BCUT2D eigenvalue weighted by atomic mass is 16.2. The van der Waals surface area contributed by atoms with Gasteiger partial charge in [-0.1, -0.05) is 6.07 Å². The molecule has 0 N–H and O–H groups in total. The van der Waals surface area contributed by atoms with Gasteiger partial charge < -0.3 is 0 Å². The summed E-state index contributed by atoms with van der Waals surface area (Å²) in [6.07, 6.45) is 3.15. The number of benzene rings is 1. The minimum absolute atomic E-state index is 0.124. The normalized spacial score (nSPS) is 11.2. The van der Waals surface area contributed by atoms with Crippen molar-refractivity contribution in [1.82, 2.24) is 18.7 Å². The van der Waals surface area contributed by atoms with E-state index in [1.807, 2.05) is 32.0 Å². The zero-order chi connectivity index (χ0) is 14.4. The number of aromatic nitrogens is 4. The average Bonchev–Trinajstić information content (AvgIpc) is 2.66. The quantitative estimate of drug-likeness (QED) is 0.657. The van der Waals surface area contributed by atoms with Crippen LogP contribution in [-0.4, -0.2) is 18.7 Å². The summed E-state index contributed by atoms with van der Waals surface area (Å²) in [5, 5.41) is 3.98. The molecule has 0 radical (unpaired) electrons. The van der Waals surface area contributed by atoms with Crippen molar-refractivity contribution < 1.29 is 0 Å². The Labute approximate surface area is 114 Å². The second kappa shape index (κ2) is 4.19. The van der Waals surface area contributed by atoms with E-state index < -0.39 is 0 Å². The minimum Gasteiger partial charge on any atom is -0.280 e. The maximum Gasteiger partial charge on any atom is 0.350 e. The second-order valence-electron chi connectivity index (χ2n) is 4.92. The standard InChI is InChI=1S/C14H14N4O2/c1-9-6-10(2)8-11(7-9)17-4-5-18-12(13(17)19)15-16(3)14(18)20/h4-8H,1-3H3. The molecule has 0 bridgehead atoms. The van der Waals surface area contributed by atoms with Crippen LogP contribution in [0.1, 0.15) is 11.1 Å². The van der Waals surface area contributed by atoms with Crippen LogP contribution in [-0.2, 0) is 7.05 Å². The number of rotatable bonds is 1. The third-order valence-electron chi connectivity index (χ3n) is 3.22. The number of nitrogens with zero attached hydrogens (tertiary/aromatic N) is 4. The summed E-state index contributed by atoms with van der Waals surface area (Å²) in [6, 6.07) is 5.89. The Balaban J connectivity index is 2.35. The van der Waals surface area contributed by atoms with Crippen LogP contribution in [0.15, 0.2) is 40.2 Å². The maximum atomic E-state index is 12.4. The summed E-state index contributed by atoms with van der Waals surface area (Å²) in [5.41, 5.74) is 2.41. The zero-order valence-corrected chi connectivity index (χ0v) is 11.5. The molecule has 0 aliphatic rings. The summed E-state index contributed by atoms with van der Waals surface area (Å²) in [4.78, 5) is 24.2. The predicted octanol–water partition coefficient (Wildman–Crippen LogP) is 0.801. The lowest BCUT2D eigenvalue weighted by Crippen LogP contribution is -2.23. The Morgan fingerprint density at radius 3 is 2.30 bits per heavy atom. The Morgan fingerprint density at radius 2 is 1.65 bits per heavy atom. The lowest BCUT2D eigenvalue weighted by molar-refractivity contribution is 0.732. The largest absolute Gasteiger partial charge is 0.350 e. The van der Waals surface area contributed by atoms with Crippen LogP contribution in [0.5, 0.6) is 0 Å². The third kappa shape index (κ3) is 1.77. The SMILES string of the molecule is Cc1cc(C)cc(-n2ccn3c(=O)n(C)nc3c2=O)c1. The van der Waals surface area contributed by atoms with Crippen molar-refractivity contribution in [1.29, 1.82) is 0 Å². The molecule has 3 rings (SSSR count). The smallest absolute Gasteiger partial charge is 0.280 e. The Bertz CT molecular complexity index is 910. The maximum absolute atomic E-state index is 12.4. The molecule has 3 aromatic rings. The fraction of sp³-hybridized carbons (Fsp3) is 0.214. The van der Waals surface area contributed by atoms with Gasteiger partial charge in [0.15, 0.2) is 0 Å². The fourth-order valence-corrected chi connectivity index (χ4v) is 2.36. The van der Waals surface area contributed by atoms with E-state index in [-0.39, 0.29) is 16.9 Å². The van der Waals surface area contributed by atoms with Crippen molar-refractivity contribution in [2.24, 2.45) is 7.05 Å². The highest BCUT2D eigenvalue weighted by Gasteiger charge is 2.10. The molecule has 0 spiro atoms. The van der Waals surface area contributed by atoms with Gasteiger partial charge in [0, 0.05) is 25.1 Å². The van der Waals surface area contributed by atoms with Crippen LogP contribution < -0.4 is 11.2 Å². The van der Waals surface area contributed by atoms with Crippen molar-refractivity contribution >= 4 is 5.65 Å². The molecule has 6 heteroatoms. The van der Waals surface area contributed by atoms with E-state index in [2.05, 4.69) is 5.10 Å². The summed E-state index contributed by atoms with van der Waals surface area (Å²) in [7, 11) is 1.52. The van der Waals surface area contributed by atoms with Gasteiger partial charge in [-0.15, -0.1) is 5.10 Å². The van der Waals surface area contributed by atoms with Crippen molar-refractivity contribution in [3.8, 4) is 5.69 Å². The molecule has 1 aromatic carbocycles. The van der Waals surface area contributed by atoms with Crippen molar-refractivity contribution in [3.63, 3.8) is 0 Å². The second-order valence-corrected chi connectivity index (χ2v) is 4.92. The van der Waals surface area contributed by atoms with E-state index in [1.165, 1.54) is 16.0 Å². The summed E-state index contributed by atoms with van der Waals surface area (Å²) < 4.78 is 3.91. The van der Waals surface area contributed by atoms with Crippen molar-refractivity contribution in [2.75, 3.05) is 0 Å². The lowest BCUT2D eigenvalue weighted by atomic mass is 10.1. The van der Waals surface area contributed by atoms with Gasteiger partial charge in [0.05, 0.1) is 0 Å². The van der Waals surface area contributed by atoms with Crippen LogP contribution in [0.3, 0.4) is 0 Å². The van der Waals surface area contributed by atoms with Gasteiger partial charge in [-0.25, -0.2) is 13.9 Å². The number of fused-ring (bicyclic) bond motifs is 1. The molecule has 102 valence electrons. The molecule has 0 saturated heterocycles. The molecule has 0 fully saturated rings. The molecule has 2 heterocycles. The van der Waals surface area contributed by atoms with Gasteiger partial charge in [0.25, 0.3) is 0 Å². The van der Waals surface area contributed by atoms with Gasteiger partial charge in [-0.3, -0.25) is 9.36 Å². The van der Waals surface area contributed by atoms with E-state index >= 15 is 0 Å². The van der Waals surface area contributed by atoms with E-state index in [0.29, 0.717) is 0 Å². The first-order chi connectivity index (χ1) is 9.47. The highest BCUT2D eigenvalue weighted by molar-refractivity contribution is 5.43. The molecule has 2 aromatic heterocycles. The molecule has 20 heavy (non-hydrogen) atoms. The molecule has 0 saturated carbocycles. The molecule has 0 atom stereocenters. The van der Waals surface area contributed by atoms with E-state index in [4.69, 9.17) is 0 Å². The van der Waals surface area contributed by atoms with Gasteiger partial charge >= 0.3 is 11.2 Å². The Kier molecular flexibility index (Phi) is 2.60. The monoisotopic (exact) mass is 270 g/mol.